The lowest BCUT2D eigenvalue weighted by Crippen LogP contribution is -2.54. The summed E-state index contributed by atoms with van der Waals surface area (Å²) in [7, 11) is 0. The number of amides is 1. The summed E-state index contributed by atoms with van der Waals surface area (Å²) in [5, 5.41) is 9.08. The van der Waals surface area contributed by atoms with Gasteiger partial charge in [0.25, 0.3) is 0 Å². The van der Waals surface area contributed by atoms with E-state index in [-0.39, 0.29) is 11.8 Å². The Morgan fingerprint density at radius 2 is 1.94 bits per heavy atom. The van der Waals surface area contributed by atoms with Gasteiger partial charge in [-0.25, -0.2) is 4.79 Å². The van der Waals surface area contributed by atoms with Crippen LogP contribution >= 0.6 is 0 Å². The van der Waals surface area contributed by atoms with Gasteiger partial charge in [0.05, 0.1) is 0 Å². The van der Waals surface area contributed by atoms with E-state index in [1.54, 1.807) is 13.8 Å². The van der Waals surface area contributed by atoms with Gasteiger partial charge in [0, 0.05) is 12.5 Å². The molecule has 0 aromatic heterocycles. The Morgan fingerprint density at radius 3 is 2.25 bits per heavy atom. The van der Waals surface area contributed by atoms with Crippen LogP contribution < -0.4 is 5.73 Å². The van der Waals surface area contributed by atoms with Crippen molar-refractivity contribution < 1.29 is 14.7 Å². The highest BCUT2D eigenvalue weighted by molar-refractivity contribution is 5.87. The molecule has 0 saturated heterocycles. The highest BCUT2D eigenvalue weighted by Gasteiger charge is 2.38. The van der Waals surface area contributed by atoms with Gasteiger partial charge in [0.15, 0.2) is 0 Å². The molecule has 1 unspecified atom stereocenters. The number of nitrogens with two attached hydrogens (primary N) is 1. The highest BCUT2D eigenvalue weighted by atomic mass is 16.4. The molecule has 94 valence electrons. The van der Waals surface area contributed by atoms with Crippen molar-refractivity contribution in [3.63, 3.8) is 0 Å². The maximum absolute atomic E-state index is 12.0. The number of rotatable bonds is 6. The number of aliphatic carboxylic acids is 1. The molecule has 3 N–H and O–H groups in total. The normalized spacial score (nSPS) is 13.3. The number of carboxylic acids is 1. The Morgan fingerprint density at radius 1 is 1.44 bits per heavy atom. The third kappa shape index (κ3) is 3.20. The predicted octanol–water partition coefficient (Wildman–Crippen LogP) is 0.683. The minimum absolute atomic E-state index is 0.152. The van der Waals surface area contributed by atoms with Crippen molar-refractivity contribution in [2.24, 2.45) is 11.7 Å². The standard InChI is InChI=1S/C11H22N2O3/c1-5-13(11(3,4)10(15)16)9(14)8(2)6-7-12/h8H,5-7,12H2,1-4H3,(H,15,16). The fourth-order valence-electron chi connectivity index (χ4n) is 1.58. The third-order valence-corrected chi connectivity index (χ3v) is 2.80. The van der Waals surface area contributed by atoms with Gasteiger partial charge in [-0.2, -0.15) is 0 Å². The first-order valence-corrected chi connectivity index (χ1v) is 5.53. The molecule has 1 atom stereocenters. The summed E-state index contributed by atoms with van der Waals surface area (Å²) >= 11 is 0. The summed E-state index contributed by atoms with van der Waals surface area (Å²) in [6, 6.07) is 0. The first kappa shape index (κ1) is 14.9. The maximum Gasteiger partial charge on any atom is 0.329 e. The molecule has 0 aliphatic rings. The van der Waals surface area contributed by atoms with Crippen molar-refractivity contribution in [1.82, 2.24) is 4.90 Å². The van der Waals surface area contributed by atoms with E-state index in [4.69, 9.17) is 10.8 Å². The average Bonchev–Trinajstić information content (AvgIpc) is 2.18. The van der Waals surface area contributed by atoms with Crippen LogP contribution in [0.2, 0.25) is 0 Å². The van der Waals surface area contributed by atoms with Gasteiger partial charge in [-0.1, -0.05) is 6.92 Å². The van der Waals surface area contributed by atoms with Crippen molar-refractivity contribution in [1.29, 1.82) is 0 Å². The van der Waals surface area contributed by atoms with Gasteiger partial charge < -0.3 is 15.7 Å². The van der Waals surface area contributed by atoms with Crippen LogP contribution in [0.3, 0.4) is 0 Å². The van der Waals surface area contributed by atoms with Crippen molar-refractivity contribution in [2.45, 2.75) is 39.7 Å². The van der Waals surface area contributed by atoms with E-state index in [9.17, 15) is 9.59 Å². The minimum Gasteiger partial charge on any atom is -0.480 e. The third-order valence-electron chi connectivity index (χ3n) is 2.80. The molecule has 0 radical (unpaired) electrons. The summed E-state index contributed by atoms with van der Waals surface area (Å²) in [4.78, 5) is 24.5. The van der Waals surface area contributed by atoms with Gasteiger partial charge >= 0.3 is 5.97 Å². The Kier molecular flexibility index (Phi) is 5.44. The molecule has 5 heteroatoms. The van der Waals surface area contributed by atoms with Crippen LogP contribution in [0.15, 0.2) is 0 Å². The Bertz CT molecular complexity index is 264. The summed E-state index contributed by atoms with van der Waals surface area (Å²) in [6.45, 7) is 7.43. The molecule has 0 heterocycles. The van der Waals surface area contributed by atoms with E-state index in [1.807, 2.05) is 0 Å². The summed E-state index contributed by atoms with van der Waals surface area (Å²) in [5.41, 5.74) is 4.22. The van der Waals surface area contributed by atoms with Crippen LogP contribution in [0.4, 0.5) is 0 Å². The Labute approximate surface area is 96.6 Å². The van der Waals surface area contributed by atoms with E-state index in [2.05, 4.69) is 0 Å². The first-order chi connectivity index (χ1) is 7.28. The largest absolute Gasteiger partial charge is 0.480 e. The lowest BCUT2D eigenvalue weighted by Gasteiger charge is -2.36. The van der Waals surface area contributed by atoms with Crippen LogP contribution in [0, 0.1) is 5.92 Å². The van der Waals surface area contributed by atoms with Crippen molar-refractivity contribution in [3.05, 3.63) is 0 Å². The van der Waals surface area contributed by atoms with E-state index >= 15 is 0 Å². The summed E-state index contributed by atoms with van der Waals surface area (Å²) in [6.07, 6.45) is 0.574. The maximum atomic E-state index is 12.0. The van der Waals surface area contributed by atoms with Crippen LogP contribution in [-0.4, -0.2) is 40.5 Å². The Balaban J connectivity index is 4.86. The molecule has 16 heavy (non-hydrogen) atoms. The van der Waals surface area contributed by atoms with Crippen LogP contribution in [0.1, 0.15) is 34.1 Å². The predicted molar refractivity (Wildman–Crippen MR) is 61.9 cm³/mol. The average molecular weight is 230 g/mol. The Hall–Kier alpha value is -1.10. The quantitative estimate of drug-likeness (QED) is 0.703. The molecule has 0 aromatic carbocycles. The number of hydrogen-bond acceptors (Lipinski definition) is 3. The topological polar surface area (TPSA) is 83.6 Å². The molecule has 0 aliphatic carbocycles. The molecule has 0 aliphatic heterocycles. The number of hydrogen-bond donors (Lipinski definition) is 2. The van der Waals surface area contributed by atoms with E-state index in [0.717, 1.165) is 0 Å². The molecule has 5 nitrogen and oxygen atoms in total. The SMILES string of the molecule is CCN(C(=O)C(C)CCN)C(C)(C)C(=O)O. The molecule has 0 fully saturated rings. The summed E-state index contributed by atoms with van der Waals surface area (Å²) < 4.78 is 0. The van der Waals surface area contributed by atoms with E-state index < -0.39 is 11.5 Å². The van der Waals surface area contributed by atoms with Crippen LogP contribution in [0.25, 0.3) is 0 Å². The van der Waals surface area contributed by atoms with E-state index in [1.165, 1.54) is 18.7 Å². The molecular formula is C11H22N2O3. The zero-order chi connectivity index (χ0) is 12.9. The molecule has 0 bridgehead atoms. The van der Waals surface area contributed by atoms with Crippen molar-refractivity contribution >= 4 is 11.9 Å². The number of carbonyl (C=O) groups excluding carboxylic acids is 1. The minimum atomic E-state index is -1.17. The van der Waals surface area contributed by atoms with Gasteiger partial charge in [-0.05, 0) is 33.7 Å². The first-order valence-electron chi connectivity index (χ1n) is 5.53. The number of carbonyl (C=O) groups is 2. The highest BCUT2D eigenvalue weighted by Crippen LogP contribution is 2.18. The lowest BCUT2D eigenvalue weighted by atomic mass is 9.98. The van der Waals surface area contributed by atoms with Gasteiger partial charge in [0.1, 0.15) is 5.54 Å². The molecule has 0 spiro atoms. The second kappa shape index (κ2) is 5.84. The summed E-state index contributed by atoms with van der Waals surface area (Å²) in [5.74, 6) is -1.38. The molecule has 0 aromatic rings. The lowest BCUT2D eigenvalue weighted by molar-refractivity contribution is -0.158. The molecule has 0 saturated carbocycles. The van der Waals surface area contributed by atoms with Crippen LogP contribution in [0.5, 0.6) is 0 Å². The number of nitrogens with zero attached hydrogens (tertiary/aromatic N) is 1. The second-order valence-corrected chi connectivity index (χ2v) is 4.43. The fraction of sp³-hybridized carbons (Fsp3) is 0.818. The molecule has 0 rings (SSSR count). The zero-order valence-electron chi connectivity index (χ0n) is 10.5. The molecular weight excluding hydrogens is 208 g/mol. The van der Waals surface area contributed by atoms with Gasteiger partial charge in [-0.15, -0.1) is 0 Å². The molecule has 1 amide bonds. The van der Waals surface area contributed by atoms with E-state index in [0.29, 0.717) is 19.5 Å². The van der Waals surface area contributed by atoms with Crippen LogP contribution in [-0.2, 0) is 9.59 Å². The monoisotopic (exact) mass is 230 g/mol. The fourth-order valence-corrected chi connectivity index (χ4v) is 1.58. The second-order valence-electron chi connectivity index (χ2n) is 4.43. The van der Waals surface area contributed by atoms with Crippen molar-refractivity contribution in [2.75, 3.05) is 13.1 Å². The van der Waals surface area contributed by atoms with Gasteiger partial charge in [-0.3, -0.25) is 4.79 Å². The number of likely N-dealkylation sites (N-methyl/N-ethyl adjacent to an activating group) is 1. The zero-order valence-corrected chi connectivity index (χ0v) is 10.5. The van der Waals surface area contributed by atoms with Gasteiger partial charge in [0.2, 0.25) is 5.91 Å². The van der Waals surface area contributed by atoms with Crippen molar-refractivity contribution in [3.8, 4) is 0 Å². The smallest absolute Gasteiger partial charge is 0.329 e. The number of carboxylic acid groups (broad SMARTS) is 1.